The predicted molar refractivity (Wildman–Crippen MR) is 115 cm³/mol. The summed E-state index contributed by atoms with van der Waals surface area (Å²) in [4.78, 5) is 20.2. The van der Waals surface area contributed by atoms with Crippen molar-refractivity contribution >= 4 is 27.8 Å². The topological polar surface area (TPSA) is 74.0 Å². The summed E-state index contributed by atoms with van der Waals surface area (Å²) in [6.45, 7) is 4.79. The van der Waals surface area contributed by atoms with Crippen molar-refractivity contribution in [1.29, 1.82) is 0 Å². The summed E-state index contributed by atoms with van der Waals surface area (Å²) in [6.07, 6.45) is 4.05. The highest BCUT2D eigenvalue weighted by atomic mass is 79.9. The van der Waals surface area contributed by atoms with E-state index in [1.165, 1.54) is 5.56 Å². The zero-order chi connectivity index (χ0) is 19.6. The largest absolute Gasteiger partial charge is 0.369 e. The molecule has 0 bridgehead atoms. The van der Waals surface area contributed by atoms with Crippen molar-refractivity contribution in [2.45, 2.75) is 32.2 Å². The summed E-state index contributed by atoms with van der Waals surface area (Å²) in [7, 11) is 3.88. The van der Waals surface area contributed by atoms with Crippen molar-refractivity contribution in [2.75, 3.05) is 40.3 Å². The normalized spacial score (nSPS) is 16.3. The lowest BCUT2D eigenvalue weighted by Gasteiger charge is -2.30. The zero-order valence-electron chi connectivity index (χ0n) is 16.5. The molecule has 3 N–H and O–H groups in total. The number of unbranched alkanes of at least 4 members (excludes halogenated alkanes) is 1. The number of carbonyl (C=O) groups excluding carboxylic acids is 1. The molecule has 0 aromatic heterocycles. The quantitative estimate of drug-likeness (QED) is 0.372. The maximum atomic E-state index is 11.2. The Bertz CT molecular complexity index is 611. The van der Waals surface area contributed by atoms with Crippen LogP contribution in [0.4, 0.5) is 0 Å². The number of halogens is 1. The van der Waals surface area contributed by atoms with E-state index in [9.17, 15) is 4.79 Å². The van der Waals surface area contributed by atoms with Gasteiger partial charge in [-0.25, -0.2) is 0 Å². The Hall–Kier alpha value is -1.60. The second-order valence-corrected chi connectivity index (χ2v) is 8.10. The summed E-state index contributed by atoms with van der Waals surface area (Å²) in [5, 5.41) is 3.45. The lowest BCUT2D eigenvalue weighted by molar-refractivity contribution is -0.123. The lowest BCUT2D eigenvalue weighted by atomic mass is 9.96. The van der Waals surface area contributed by atoms with Crippen molar-refractivity contribution in [2.24, 2.45) is 16.6 Å². The van der Waals surface area contributed by atoms with Crippen LogP contribution in [0.1, 0.15) is 31.2 Å². The number of nitrogens with one attached hydrogen (secondary N) is 1. The Balaban J connectivity index is 1.62. The number of likely N-dealkylation sites (tertiary alicyclic amines) is 1. The van der Waals surface area contributed by atoms with Crippen LogP contribution in [0.25, 0.3) is 0 Å². The Morgan fingerprint density at radius 3 is 2.56 bits per heavy atom. The number of nitrogens with two attached hydrogens (primary N) is 1. The van der Waals surface area contributed by atoms with Crippen LogP contribution in [-0.2, 0) is 11.3 Å². The molecule has 27 heavy (non-hydrogen) atoms. The number of carbonyl (C=O) groups is 1. The predicted octanol–water partition coefficient (Wildman–Crippen LogP) is 2.43. The van der Waals surface area contributed by atoms with Crippen LogP contribution in [0.15, 0.2) is 33.7 Å². The highest BCUT2D eigenvalue weighted by molar-refractivity contribution is 9.10. The van der Waals surface area contributed by atoms with Gasteiger partial charge in [0.15, 0.2) is 5.96 Å². The van der Waals surface area contributed by atoms with E-state index < -0.39 is 0 Å². The van der Waals surface area contributed by atoms with Gasteiger partial charge in [0, 0.05) is 37.6 Å². The lowest BCUT2D eigenvalue weighted by Crippen LogP contribution is -2.40. The van der Waals surface area contributed by atoms with E-state index in [2.05, 4.69) is 67.4 Å². The van der Waals surface area contributed by atoms with Crippen molar-refractivity contribution < 1.29 is 4.79 Å². The third-order valence-corrected chi connectivity index (χ3v) is 5.61. The second kappa shape index (κ2) is 11.3. The minimum atomic E-state index is -0.141. The molecule has 1 heterocycles. The van der Waals surface area contributed by atoms with Gasteiger partial charge >= 0.3 is 0 Å². The van der Waals surface area contributed by atoms with Crippen molar-refractivity contribution in [3.63, 3.8) is 0 Å². The Morgan fingerprint density at radius 1 is 1.30 bits per heavy atom. The van der Waals surface area contributed by atoms with Crippen LogP contribution in [0, 0.1) is 5.92 Å². The van der Waals surface area contributed by atoms with Crippen molar-refractivity contribution in [1.82, 2.24) is 15.1 Å². The molecule has 150 valence electrons. The van der Waals surface area contributed by atoms with Crippen LogP contribution in [0.3, 0.4) is 0 Å². The third kappa shape index (κ3) is 7.50. The smallest absolute Gasteiger partial charge is 0.220 e. The third-order valence-electron chi connectivity index (χ3n) is 5.08. The average Bonchev–Trinajstić information content (AvgIpc) is 2.66. The molecule has 2 rings (SSSR count). The highest BCUT2D eigenvalue weighted by Gasteiger charge is 2.22. The van der Waals surface area contributed by atoms with E-state index in [-0.39, 0.29) is 11.8 Å². The first-order valence-corrected chi connectivity index (χ1v) is 10.5. The molecule has 6 nitrogen and oxygen atoms in total. The van der Waals surface area contributed by atoms with Gasteiger partial charge in [-0.1, -0.05) is 28.1 Å². The van der Waals surface area contributed by atoms with Gasteiger partial charge < -0.3 is 20.9 Å². The van der Waals surface area contributed by atoms with Gasteiger partial charge in [0.25, 0.3) is 0 Å². The number of rotatable bonds is 8. The Kier molecular flexibility index (Phi) is 9.07. The van der Waals surface area contributed by atoms with E-state index in [0.717, 1.165) is 68.8 Å². The number of guanidine groups is 1. The van der Waals surface area contributed by atoms with Gasteiger partial charge in [0.05, 0.1) is 0 Å². The first kappa shape index (κ1) is 21.7. The average molecular weight is 438 g/mol. The van der Waals surface area contributed by atoms with Gasteiger partial charge in [-0.2, -0.15) is 0 Å². The maximum absolute atomic E-state index is 11.2. The highest BCUT2D eigenvalue weighted by Crippen LogP contribution is 2.16. The molecule has 1 aliphatic rings. The number of amides is 1. The molecule has 1 amide bonds. The minimum Gasteiger partial charge on any atom is -0.369 e. The number of hydrogen-bond donors (Lipinski definition) is 2. The van der Waals surface area contributed by atoms with E-state index in [0.29, 0.717) is 0 Å². The van der Waals surface area contributed by atoms with Gasteiger partial charge in [-0.05, 0) is 63.0 Å². The first-order valence-electron chi connectivity index (χ1n) is 9.67. The van der Waals surface area contributed by atoms with Crippen LogP contribution in [0.5, 0.6) is 0 Å². The fraction of sp³-hybridized carbons (Fsp3) is 0.600. The minimum absolute atomic E-state index is 0.0764. The first-order chi connectivity index (χ1) is 13.0. The van der Waals surface area contributed by atoms with E-state index in [4.69, 9.17) is 5.73 Å². The van der Waals surface area contributed by atoms with Gasteiger partial charge in [0.2, 0.25) is 5.91 Å². The molecule has 1 fully saturated rings. The van der Waals surface area contributed by atoms with Crippen LogP contribution < -0.4 is 11.1 Å². The SMILES string of the molecule is CN=C(NCCCCN1CCC(C(N)=O)CC1)N(C)Cc1ccc(Br)cc1. The number of benzene rings is 1. The number of aliphatic imine (C=N–C) groups is 1. The molecular weight excluding hydrogens is 406 g/mol. The van der Waals surface area contributed by atoms with E-state index in [1.807, 2.05) is 7.05 Å². The summed E-state index contributed by atoms with van der Waals surface area (Å²) in [6, 6.07) is 8.36. The molecule has 0 saturated carbocycles. The molecule has 0 aliphatic carbocycles. The molecule has 0 radical (unpaired) electrons. The van der Waals surface area contributed by atoms with Crippen molar-refractivity contribution in [3.05, 3.63) is 34.3 Å². The van der Waals surface area contributed by atoms with Crippen LogP contribution in [0.2, 0.25) is 0 Å². The van der Waals surface area contributed by atoms with Gasteiger partial charge in [-0.3, -0.25) is 9.79 Å². The molecule has 1 aliphatic heterocycles. The van der Waals surface area contributed by atoms with Gasteiger partial charge in [0.1, 0.15) is 0 Å². The number of nitrogens with zero attached hydrogens (tertiary/aromatic N) is 3. The van der Waals surface area contributed by atoms with E-state index in [1.54, 1.807) is 0 Å². The molecule has 0 atom stereocenters. The fourth-order valence-corrected chi connectivity index (χ4v) is 3.69. The monoisotopic (exact) mass is 437 g/mol. The van der Waals surface area contributed by atoms with Crippen molar-refractivity contribution in [3.8, 4) is 0 Å². The molecule has 1 saturated heterocycles. The summed E-state index contributed by atoms with van der Waals surface area (Å²) in [5.41, 5.74) is 6.64. The molecule has 1 aromatic carbocycles. The zero-order valence-corrected chi connectivity index (χ0v) is 18.0. The molecule has 1 aromatic rings. The Labute approximate surface area is 171 Å². The summed E-state index contributed by atoms with van der Waals surface area (Å²) in [5.74, 6) is 0.852. The summed E-state index contributed by atoms with van der Waals surface area (Å²) < 4.78 is 1.09. The van der Waals surface area contributed by atoms with Crippen LogP contribution >= 0.6 is 15.9 Å². The number of piperidine rings is 1. The standard InChI is InChI=1S/C20H32BrN5O/c1-23-20(25(2)15-16-5-7-18(21)8-6-16)24-11-3-4-12-26-13-9-17(10-14-26)19(22)27/h5-8,17H,3-4,9-15H2,1-2H3,(H2,22,27)(H,23,24). The molecule has 0 spiro atoms. The van der Waals surface area contributed by atoms with Crippen LogP contribution in [-0.4, -0.2) is 61.9 Å². The molecule has 7 heteroatoms. The Morgan fingerprint density at radius 2 is 1.96 bits per heavy atom. The maximum Gasteiger partial charge on any atom is 0.220 e. The fourth-order valence-electron chi connectivity index (χ4n) is 3.42. The second-order valence-electron chi connectivity index (χ2n) is 7.18. The van der Waals surface area contributed by atoms with Gasteiger partial charge in [-0.15, -0.1) is 0 Å². The number of hydrogen-bond acceptors (Lipinski definition) is 3. The molecule has 0 unspecified atom stereocenters. The van der Waals surface area contributed by atoms with E-state index >= 15 is 0 Å². The summed E-state index contributed by atoms with van der Waals surface area (Å²) >= 11 is 3.47. The number of primary amides is 1. The molecular formula is C20H32BrN5O.